The second-order valence-corrected chi connectivity index (χ2v) is 6.35. The third-order valence-electron chi connectivity index (χ3n) is 5.23. The Morgan fingerprint density at radius 2 is 1.74 bits per heavy atom. The number of fused-ring (bicyclic) bond motifs is 2. The number of benzene rings is 2. The van der Waals surface area contributed by atoms with Gasteiger partial charge < -0.3 is 4.74 Å². The summed E-state index contributed by atoms with van der Waals surface area (Å²) in [4.78, 5) is 25.1. The van der Waals surface area contributed by atoms with Crippen LogP contribution in [0.4, 0.5) is 0 Å². The largest absolute Gasteiger partial charge is 0.457 e. The molecule has 4 rings (SSSR count). The molecule has 116 valence electrons. The van der Waals surface area contributed by atoms with Crippen molar-refractivity contribution in [2.75, 3.05) is 0 Å². The summed E-state index contributed by atoms with van der Waals surface area (Å²) in [5, 5.41) is 0. The number of hydrogen-bond acceptors (Lipinski definition) is 3. The summed E-state index contributed by atoms with van der Waals surface area (Å²) in [5.74, 6) is -0.123. The van der Waals surface area contributed by atoms with Crippen molar-refractivity contribution in [2.45, 2.75) is 37.2 Å². The standard InChI is InChI=1S/C20H18O3/c21-17-10-11-18(23-19(22)15-7-2-1-3-8-15)20(17)13-12-14-6-4-5-9-16(14)20/h1-9,18H,10-13H2/t18-,20-/m1/s1. The van der Waals surface area contributed by atoms with Gasteiger partial charge in [0.1, 0.15) is 11.9 Å². The average molecular weight is 306 g/mol. The fraction of sp³-hybridized carbons (Fsp3) is 0.300. The van der Waals surface area contributed by atoms with Crippen LogP contribution in [0, 0.1) is 0 Å². The smallest absolute Gasteiger partial charge is 0.338 e. The molecule has 3 nitrogen and oxygen atoms in total. The van der Waals surface area contributed by atoms with E-state index >= 15 is 0 Å². The van der Waals surface area contributed by atoms with Gasteiger partial charge in [-0.2, -0.15) is 0 Å². The highest BCUT2D eigenvalue weighted by Crippen LogP contribution is 2.49. The maximum atomic E-state index is 12.7. The lowest BCUT2D eigenvalue weighted by Gasteiger charge is -2.30. The summed E-state index contributed by atoms with van der Waals surface area (Å²) in [6.07, 6.45) is 2.37. The molecule has 0 radical (unpaired) electrons. The molecule has 2 atom stereocenters. The molecule has 0 N–H and O–H groups in total. The van der Waals surface area contributed by atoms with E-state index in [-0.39, 0.29) is 17.9 Å². The molecule has 23 heavy (non-hydrogen) atoms. The predicted octanol–water partition coefficient (Wildman–Crippen LogP) is 3.46. The molecule has 0 aliphatic heterocycles. The van der Waals surface area contributed by atoms with Crippen LogP contribution in [0.5, 0.6) is 0 Å². The van der Waals surface area contributed by atoms with E-state index < -0.39 is 5.41 Å². The van der Waals surface area contributed by atoms with Crippen molar-refractivity contribution in [2.24, 2.45) is 0 Å². The Labute approximate surface area is 135 Å². The van der Waals surface area contributed by atoms with Gasteiger partial charge in [-0.05, 0) is 42.5 Å². The number of rotatable bonds is 2. The van der Waals surface area contributed by atoms with E-state index in [2.05, 4.69) is 6.07 Å². The number of esters is 1. The molecule has 2 aliphatic rings. The van der Waals surface area contributed by atoms with E-state index in [1.54, 1.807) is 12.1 Å². The average Bonchev–Trinajstić information content (AvgIpc) is 3.13. The van der Waals surface area contributed by atoms with Crippen molar-refractivity contribution in [1.82, 2.24) is 0 Å². The lowest BCUT2D eigenvalue weighted by Crippen LogP contribution is -2.41. The summed E-state index contributed by atoms with van der Waals surface area (Å²) in [7, 11) is 0. The molecule has 1 spiro atoms. The molecule has 0 heterocycles. The molecule has 1 fully saturated rings. The first-order valence-electron chi connectivity index (χ1n) is 8.09. The van der Waals surface area contributed by atoms with E-state index in [9.17, 15) is 9.59 Å². The Balaban J connectivity index is 1.67. The van der Waals surface area contributed by atoms with Crippen molar-refractivity contribution < 1.29 is 14.3 Å². The fourth-order valence-corrected chi connectivity index (χ4v) is 4.11. The van der Waals surface area contributed by atoms with Crippen molar-refractivity contribution in [3.8, 4) is 0 Å². The molecule has 3 heteroatoms. The zero-order valence-corrected chi connectivity index (χ0v) is 12.8. The van der Waals surface area contributed by atoms with Gasteiger partial charge in [-0.1, -0.05) is 42.5 Å². The Morgan fingerprint density at radius 1 is 1.00 bits per heavy atom. The van der Waals surface area contributed by atoms with Gasteiger partial charge in [0.25, 0.3) is 0 Å². The van der Waals surface area contributed by atoms with Gasteiger partial charge in [-0.25, -0.2) is 4.79 Å². The minimum absolute atomic E-state index is 0.216. The highest BCUT2D eigenvalue weighted by Gasteiger charge is 2.56. The highest BCUT2D eigenvalue weighted by molar-refractivity contribution is 5.96. The molecule has 0 aromatic heterocycles. The Morgan fingerprint density at radius 3 is 2.57 bits per heavy atom. The highest BCUT2D eigenvalue weighted by atomic mass is 16.5. The Hall–Kier alpha value is -2.42. The van der Waals surface area contributed by atoms with Crippen molar-refractivity contribution >= 4 is 11.8 Å². The van der Waals surface area contributed by atoms with Crippen LogP contribution in [0.2, 0.25) is 0 Å². The van der Waals surface area contributed by atoms with E-state index in [1.165, 1.54) is 5.56 Å². The molecular formula is C20H18O3. The van der Waals surface area contributed by atoms with E-state index in [0.29, 0.717) is 18.4 Å². The molecule has 0 saturated heterocycles. The number of Topliss-reactive ketones (excluding diaryl/α,β-unsaturated/α-hetero) is 1. The molecular weight excluding hydrogens is 288 g/mol. The first-order valence-corrected chi connectivity index (χ1v) is 8.09. The maximum Gasteiger partial charge on any atom is 0.338 e. The van der Waals surface area contributed by atoms with Gasteiger partial charge in [-0.15, -0.1) is 0 Å². The van der Waals surface area contributed by atoms with Crippen molar-refractivity contribution in [3.63, 3.8) is 0 Å². The molecule has 1 saturated carbocycles. The Bertz CT molecular complexity index is 765. The van der Waals surface area contributed by atoms with Crippen molar-refractivity contribution in [3.05, 3.63) is 71.3 Å². The van der Waals surface area contributed by atoms with Crippen molar-refractivity contribution in [1.29, 1.82) is 0 Å². The number of ketones is 1. The van der Waals surface area contributed by atoms with Gasteiger partial charge in [0, 0.05) is 6.42 Å². The van der Waals surface area contributed by atoms with Crippen LogP contribution in [0.25, 0.3) is 0 Å². The molecule has 0 bridgehead atoms. The molecule has 2 aliphatic carbocycles. The fourth-order valence-electron chi connectivity index (χ4n) is 4.11. The molecule has 2 aromatic carbocycles. The summed E-state index contributed by atoms with van der Waals surface area (Å²) in [6.45, 7) is 0. The normalized spacial score (nSPS) is 25.6. The number of carbonyl (C=O) groups excluding carboxylic acids is 2. The van der Waals surface area contributed by atoms with E-state index in [4.69, 9.17) is 4.74 Å². The summed E-state index contributed by atoms with van der Waals surface area (Å²) in [5.41, 5.74) is 2.19. The quantitative estimate of drug-likeness (QED) is 0.798. The minimum atomic E-state index is -0.624. The van der Waals surface area contributed by atoms with Crippen LogP contribution < -0.4 is 0 Å². The summed E-state index contributed by atoms with van der Waals surface area (Å²) >= 11 is 0. The number of carbonyl (C=O) groups is 2. The van der Waals surface area contributed by atoms with Crippen LogP contribution in [0.3, 0.4) is 0 Å². The van der Waals surface area contributed by atoms with Gasteiger partial charge in [0.15, 0.2) is 0 Å². The van der Waals surface area contributed by atoms with Crippen LogP contribution in [0.15, 0.2) is 54.6 Å². The molecule has 0 amide bonds. The van der Waals surface area contributed by atoms with Crippen LogP contribution >= 0.6 is 0 Å². The van der Waals surface area contributed by atoms with E-state index in [1.807, 2.05) is 36.4 Å². The van der Waals surface area contributed by atoms with Gasteiger partial charge in [-0.3, -0.25) is 4.79 Å². The van der Waals surface area contributed by atoms with Crippen LogP contribution in [-0.2, 0) is 21.4 Å². The minimum Gasteiger partial charge on any atom is -0.457 e. The third-order valence-corrected chi connectivity index (χ3v) is 5.23. The van der Waals surface area contributed by atoms with Gasteiger partial charge in [0.2, 0.25) is 0 Å². The number of aryl methyl sites for hydroxylation is 1. The zero-order valence-electron chi connectivity index (χ0n) is 12.8. The van der Waals surface area contributed by atoms with Gasteiger partial charge >= 0.3 is 5.97 Å². The number of ether oxygens (including phenoxy) is 1. The van der Waals surface area contributed by atoms with E-state index in [0.717, 1.165) is 18.4 Å². The maximum absolute atomic E-state index is 12.7. The second kappa shape index (κ2) is 5.34. The SMILES string of the molecule is O=C(O[C@@H]1CCC(=O)[C@]12CCc1ccccc12)c1ccccc1. The predicted molar refractivity (Wildman–Crippen MR) is 86.3 cm³/mol. The topological polar surface area (TPSA) is 43.4 Å². The molecule has 2 aromatic rings. The Kier molecular flexibility index (Phi) is 3.29. The lowest BCUT2D eigenvalue weighted by molar-refractivity contribution is -0.124. The monoisotopic (exact) mass is 306 g/mol. The van der Waals surface area contributed by atoms with Gasteiger partial charge in [0.05, 0.1) is 11.0 Å². The summed E-state index contributed by atoms with van der Waals surface area (Å²) < 4.78 is 5.80. The third kappa shape index (κ3) is 2.11. The first-order chi connectivity index (χ1) is 11.2. The number of hydrogen-bond donors (Lipinski definition) is 0. The van der Waals surface area contributed by atoms with Crippen LogP contribution in [-0.4, -0.2) is 17.9 Å². The van der Waals surface area contributed by atoms with Crippen LogP contribution in [0.1, 0.15) is 40.7 Å². The summed E-state index contributed by atoms with van der Waals surface area (Å²) in [6, 6.07) is 17.1. The molecule has 0 unspecified atom stereocenters. The first kappa shape index (κ1) is 14.2. The zero-order chi connectivity index (χ0) is 15.9. The lowest BCUT2D eigenvalue weighted by atomic mass is 9.77. The second-order valence-electron chi connectivity index (χ2n) is 6.35.